The second-order valence-corrected chi connectivity index (χ2v) is 9.99. The van der Waals surface area contributed by atoms with Gasteiger partial charge in [0, 0.05) is 37.0 Å². The first-order chi connectivity index (χ1) is 15.4. The minimum absolute atomic E-state index is 0.0239. The molecule has 2 aliphatic rings. The summed E-state index contributed by atoms with van der Waals surface area (Å²) in [6, 6.07) is 6.19. The molecule has 2 aliphatic heterocycles. The Morgan fingerprint density at radius 1 is 1.09 bits per heavy atom. The lowest BCUT2D eigenvalue weighted by atomic mass is 9.97. The molecule has 1 atom stereocenters. The van der Waals surface area contributed by atoms with Crippen LogP contribution in [0.2, 0.25) is 0 Å². The molecule has 2 saturated heterocycles. The quantitative estimate of drug-likeness (QED) is 0.663. The molecule has 3 heterocycles. The summed E-state index contributed by atoms with van der Waals surface area (Å²) in [5.41, 5.74) is 2.95. The van der Waals surface area contributed by atoms with E-state index in [2.05, 4.69) is 13.8 Å². The van der Waals surface area contributed by atoms with E-state index in [1.807, 2.05) is 40.3 Å². The standard InChI is InChI=1S/C25H33N3O3S/c1-17-7-8-21(14-18(17)2)31-15-23(29)27-12-9-20(10-13-27)24-26-22(16-32-24)25(30)28-11-5-4-6-19(28)3/h7-8,14,16,19-20H,4-6,9-13,15H2,1-3H3. The van der Waals surface area contributed by atoms with E-state index in [1.165, 1.54) is 12.0 Å². The van der Waals surface area contributed by atoms with Gasteiger partial charge in [0.15, 0.2) is 6.61 Å². The number of aryl methyl sites for hydroxylation is 2. The average Bonchev–Trinajstić information content (AvgIpc) is 3.30. The monoisotopic (exact) mass is 455 g/mol. The van der Waals surface area contributed by atoms with Crippen LogP contribution in [-0.2, 0) is 4.79 Å². The molecule has 2 aromatic rings. The molecule has 2 amide bonds. The fourth-order valence-electron chi connectivity index (χ4n) is 4.54. The average molecular weight is 456 g/mol. The summed E-state index contributed by atoms with van der Waals surface area (Å²) in [6.45, 7) is 8.52. The fraction of sp³-hybridized carbons (Fsp3) is 0.560. The molecule has 4 rings (SSSR count). The molecule has 1 aromatic heterocycles. The lowest BCUT2D eigenvalue weighted by Gasteiger charge is -2.33. The number of aromatic nitrogens is 1. The van der Waals surface area contributed by atoms with E-state index in [4.69, 9.17) is 9.72 Å². The third-order valence-electron chi connectivity index (χ3n) is 6.84. The Hall–Kier alpha value is -2.41. The van der Waals surface area contributed by atoms with E-state index in [9.17, 15) is 9.59 Å². The van der Waals surface area contributed by atoms with Gasteiger partial charge in [-0.2, -0.15) is 0 Å². The summed E-state index contributed by atoms with van der Waals surface area (Å²) in [6.07, 6.45) is 5.09. The molecule has 0 saturated carbocycles. The van der Waals surface area contributed by atoms with Crippen molar-refractivity contribution in [1.29, 1.82) is 0 Å². The van der Waals surface area contributed by atoms with Crippen LogP contribution >= 0.6 is 11.3 Å². The Bertz CT molecular complexity index is 965. The van der Waals surface area contributed by atoms with Crippen molar-refractivity contribution in [1.82, 2.24) is 14.8 Å². The van der Waals surface area contributed by atoms with Gasteiger partial charge < -0.3 is 14.5 Å². The Morgan fingerprint density at radius 3 is 2.59 bits per heavy atom. The topological polar surface area (TPSA) is 62.7 Å². The van der Waals surface area contributed by atoms with Crippen LogP contribution in [0.15, 0.2) is 23.6 Å². The second-order valence-electron chi connectivity index (χ2n) is 9.10. The predicted molar refractivity (Wildman–Crippen MR) is 126 cm³/mol. The van der Waals surface area contributed by atoms with Gasteiger partial charge in [-0.25, -0.2) is 4.98 Å². The van der Waals surface area contributed by atoms with E-state index in [0.29, 0.717) is 30.7 Å². The van der Waals surface area contributed by atoms with Crippen molar-refractivity contribution in [2.24, 2.45) is 0 Å². The molecule has 0 N–H and O–H groups in total. The molecule has 6 nitrogen and oxygen atoms in total. The van der Waals surface area contributed by atoms with E-state index in [-0.39, 0.29) is 18.4 Å². The van der Waals surface area contributed by atoms with Crippen molar-refractivity contribution in [3.05, 3.63) is 45.4 Å². The zero-order chi connectivity index (χ0) is 22.7. The van der Waals surface area contributed by atoms with Gasteiger partial charge in [-0.15, -0.1) is 11.3 Å². The van der Waals surface area contributed by atoms with Gasteiger partial charge in [0.1, 0.15) is 11.4 Å². The van der Waals surface area contributed by atoms with Crippen molar-refractivity contribution in [2.75, 3.05) is 26.2 Å². The highest BCUT2D eigenvalue weighted by Gasteiger charge is 2.29. The number of nitrogens with zero attached hydrogens (tertiary/aromatic N) is 3. The van der Waals surface area contributed by atoms with Crippen molar-refractivity contribution in [2.45, 2.75) is 64.8 Å². The molecule has 32 heavy (non-hydrogen) atoms. The number of ether oxygens (including phenoxy) is 1. The number of carbonyl (C=O) groups is 2. The van der Waals surface area contributed by atoms with Crippen LogP contribution in [0, 0.1) is 13.8 Å². The van der Waals surface area contributed by atoms with Gasteiger partial charge in [-0.05, 0) is 76.1 Å². The molecule has 7 heteroatoms. The maximum absolute atomic E-state index is 12.9. The van der Waals surface area contributed by atoms with E-state index in [0.717, 1.165) is 48.5 Å². The minimum Gasteiger partial charge on any atom is -0.484 e. The third kappa shape index (κ3) is 5.14. The van der Waals surface area contributed by atoms with Gasteiger partial charge in [-0.3, -0.25) is 9.59 Å². The second kappa shape index (κ2) is 10.0. The van der Waals surface area contributed by atoms with Gasteiger partial charge >= 0.3 is 0 Å². The Morgan fingerprint density at radius 2 is 1.88 bits per heavy atom. The summed E-state index contributed by atoms with van der Waals surface area (Å²) in [5, 5.41) is 2.94. The summed E-state index contributed by atoms with van der Waals surface area (Å²) >= 11 is 1.58. The van der Waals surface area contributed by atoms with Crippen molar-refractivity contribution in [3.8, 4) is 5.75 Å². The normalized spacial score (nSPS) is 19.8. The number of amides is 2. The summed E-state index contributed by atoms with van der Waals surface area (Å²) in [7, 11) is 0. The highest BCUT2D eigenvalue weighted by Crippen LogP contribution is 2.31. The van der Waals surface area contributed by atoms with E-state index >= 15 is 0 Å². The third-order valence-corrected chi connectivity index (χ3v) is 7.85. The minimum atomic E-state index is 0.0239. The maximum Gasteiger partial charge on any atom is 0.273 e. The van der Waals surface area contributed by atoms with E-state index in [1.54, 1.807) is 11.3 Å². The molecular weight excluding hydrogens is 422 g/mol. The number of thiazole rings is 1. The predicted octanol–water partition coefficient (Wildman–Crippen LogP) is 4.56. The van der Waals surface area contributed by atoms with Crippen LogP contribution in [0.1, 0.15) is 71.6 Å². The first-order valence-electron chi connectivity index (χ1n) is 11.7. The lowest BCUT2D eigenvalue weighted by molar-refractivity contribution is -0.134. The molecule has 1 unspecified atom stereocenters. The SMILES string of the molecule is Cc1ccc(OCC(=O)N2CCC(c3nc(C(=O)N4CCCCC4C)cs3)CC2)cc1C. The fourth-order valence-corrected chi connectivity index (χ4v) is 5.50. The molecule has 0 spiro atoms. The molecule has 0 bridgehead atoms. The highest BCUT2D eigenvalue weighted by atomic mass is 32.1. The van der Waals surface area contributed by atoms with Crippen molar-refractivity contribution >= 4 is 23.2 Å². The van der Waals surface area contributed by atoms with Crippen molar-refractivity contribution in [3.63, 3.8) is 0 Å². The number of piperidine rings is 2. The van der Waals surface area contributed by atoms with Crippen LogP contribution in [0.4, 0.5) is 0 Å². The molecule has 0 radical (unpaired) electrons. The first-order valence-corrected chi connectivity index (χ1v) is 12.5. The zero-order valence-corrected chi connectivity index (χ0v) is 20.1. The molecular formula is C25H33N3O3S. The largest absolute Gasteiger partial charge is 0.484 e. The molecule has 172 valence electrons. The van der Waals surface area contributed by atoms with Crippen LogP contribution in [0.25, 0.3) is 0 Å². The maximum atomic E-state index is 12.9. The summed E-state index contributed by atoms with van der Waals surface area (Å²) < 4.78 is 5.72. The Kier molecular flexibility index (Phi) is 7.13. The van der Waals surface area contributed by atoms with Gasteiger partial charge in [0.05, 0.1) is 5.01 Å². The van der Waals surface area contributed by atoms with Gasteiger partial charge in [-0.1, -0.05) is 6.07 Å². The van der Waals surface area contributed by atoms with Gasteiger partial charge in [0.25, 0.3) is 11.8 Å². The number of hydrogen-bond donors (Lipinski definition) is 0. The molecule has 0 aliphatic carbocycles. The summed E-state index contributed by atoms with van der Waals surface area (Å²) in [4.78, 5) is 34.0. The first kappa shape index (κ1) is 22.8. The smallest absolute Gasteiger partial charge is 0.273 e. The van der Waals surface area contributed by atoms with Gasteiger partial charge in [0.2, 0.25) is 0 Å². The van der Waals surface area contributed by atoms with Crippen LogP contribution in [-0.4, -0.2) is 58.9 Å². The number of likely N-dealkylation sites (tertiary alicyclic amines) is 2. The van der Waals surface area contributed by atoms with Crippen molar-refractivity contribution < 1.29 is 14.3 Å². The number of rotatable bonds is 5. The highest BCUT2D eigenvalue weighted by molar-refractivity contribution is 7.09. The van der Waals surface area contributed by atoms with E-state index < -0.39 is 0 Å². The number of benzene rings is 1. The van der Waals surface area contributed by atoms with Crippen LogP contribution in [0.5, 0.6) is 5.75 Å². The number of hydrogen-bond acceptors (Lipinski definition) is 5. The Balaban J connectivity index is 1.27. The van der Waals surface area contributed by atoms with Crippen LogP contribution in [0.3, 0.4) is 0 Å². The lowest BCUT2D eigenvalue weighted by Crippen LogP contribution is -2.42. The molecule has 1 aromatic carbocycles. The molecule has 2 fully saturated rings. The summed E-state index contributed by atoms with van der Waals surface area (Å²) in [5.74, 6) is 1.14. The number of carbonyl (C=O) groups excluding carboxylic acids is 2. The van der Waals surface area contributed by atoms with Crippen LogP contribution < -0.4 is 4.74 Å². The Labute approximate surface area is 194 Å². The zero-order valence-electron chi connectivity index (χ0n) is 19.3.